The normalized spacial score (nSPS) is 29.3. The van der Waals surface area contributed by atoms with Gasteiger partial charge in [-0.05, 0) is 67.9 Å². The maximum atomic E-state index is 13.8. The molecule has 3 fully saturated rings. The molecule has 212 valence electrons. The number of carbonyl (C=O) groups excluding carboxylic acids is 3. The largest absolute Gasteiger partial charge is 0.372 e. The Balaban J connectivity index is 1.19. The van der Waals surface area contributed by atoms with Gasteiger partial charge in [0.2, 0.25) is 17.7 Å². The highest BCUT2D eigenvalue weighted by atomic mass is 32.2. The Bertz CT molecular complexity index is 1560. The Labute approximate surface area is 246 Å². The number of nitrogens with one attached hydrogen (secondary N) is 2. The molecular formula is C31H32N4O4S2. The number of imide groups is 1. The molecule has 2 saturated carbocycles. The van der Waals surface area contributed by atoms with Crippen molar-refractivity contribution in [2.24, 2.45) is 29.6 Å². The van der Waals surface area contributed by atoms with Crippen molar-refractivity contribution in [3.8, 4) is 0 Å². The van der Waals surface area contributed by atoms with Gasteiger partial charge >= 0.3 is 4.87 Å². The predicted molar refractivity (Wildman–Crippen MR) is 160 cm³/mol. The third-order valence-electron chi connectivity index (χ3n) is 9.56. The van der Waals surface area contributed by atoms with Crippen LogP contribution in [-0.4, -0.2) is 52.5 Å². The summed E-state index contributed by atoms with van der Waals surface area (Å²) in [6.07, 6.45) is 0.826. The minimum Gasteiger partial charge on any atom is -0.372 e. The SMILES string of the molecule is CCN(CC)c1ccc([C@H]2c3sc(=O)[nH]c3SC3C4CC(C5C(=O)N(CC(=O)Nc6ccccc6)C(=O)C45)C32)cc1. The van der Waals surface area contributed by atoms with Gasteiger partial charge in [-0.25, -0.2) is 0 Å². The lowest BCUT2D eigenvalue weighted by Gasteiger charge is -2.43. The zero-order valence-electron chi connectivity index (χ0n) is 22.9. The summed E-state index contributed by atoms with van der Waals surface area (Å²) in [7, 11) is 0. The average molecular weight is 589 g/mol. The van der Waals surface area contributed by atoms with Crippen LogP contribution in [0.1, 0.15) is 36.6 Å². The third-order valence-corrected chi connectivity index (χ3v) is 12.1. The van der Waals surface area contributed by atoms with E-state index in [0.29, 0.717) is 5.69 Å². The van der Waals surface area contributed by atoms with E-state index in [0.717, 1.165) is 40.7 Å². The summed E-state index contributed by atoms with van der Waals surface area (Å²) in [5.74, 6) is -1.44. The Hall–Kier alpha value is -3.37. The molecule has 41 heavy (non-hydrogen) atoms. The lowest BCUT2D eigenvalue weighted by Crippen LogP contribution is -2.42. The van der Waals surface area contributed by atoms with Crippen LogP contribution in [0, 0.1) is 29.6 Å². The van der Waals surface area contributed by atoms with E-state index in [-0.39, 0.29) is 58.1 Å². The van der Waals surface area contributed by atoms with Crippen LogP contribution in [-0.2, 0) is 14.4 Å². The van der Waals surface area contributed by atoms with Crippen molar-refractivity contribution in [2.75, 3.05) is 29.9 Å². The number of likely N-dealkylation sites (tertiary alicyclic amines) is 1. The number of fused-ring (bicyclic) bond motifs is 9. The summed E-state index contributed by atoms with van der Waals surface area (Å²) >= 11 is 2.95. The van der Waals surface area contributed by atoms with E-state index in [9.17, 15) is 19.2 Å². The number of para-hydroxylation sites is 1. The third kappa shape index (κ3) is 4.17. The van der Waals surface area contributed by atoms with Crippen LogP contribution < -0.4 is 15.1 Å². The van der Waals surface area contributed by atoms with Crippen LogP contribution in [0.5, 0.6) is 0 Å². The Morgan fingerprint density at radius 1 is 0.976 bits per heavy atom. The second-order valence-corrected chi connectivity index (χ2v) is 13.6. The van der Waals surface area contributed by atoms with Crippen LogP contribution in [0.15, 0.2) is 64.4 Å². The van der Waals surface area contributed by atoms with Gasteiger partial charge in [0.25, 0.3) is 0 Å². The van der Waals surface area contributed by atoms with Gasteiger partial charge in [0, 0.05) is 40.5 Å². The van der Waals surface area contributed by atoms with E-state index in [4.69, 9.17) is 0 Å². The Morgan fingerprint density at radius 3 is 2.34 bits per heavy atom. The summed E-state index contributed by atoms with van der Waals surface area (Å²) in [5.41, 5.74) is 2.94. The number of rotatable bonds is 7. The lowest BCUT2D eigenvalue weighted by molar-refractivity contribution is -0.143. The van der Waals surface area contributed by atoms with Crippen molar-refractivity contribution in [2.45, 2.75) is 36.5 Å². The lowest BCUT2D eigenvalue weighted by atomic mass is 9.68. The van der Waals surface area contributed by atoms with Crippen molar-refractivity contribution in [1.82, 2.24) is 9.88 Å². The second-order valence-electron chi connectivity index (χ2n) is 11.4. The number of nitrogens with zero attached hydrogens (tertiary/aromatic N) is 2. The van der Waals surface area contributed by atoms with Crippen molar-refractivity contribution < 1.29 is 14.4 Å². The number of thiazole rings is 1. The molecular weight excluding hydrogens is 556 g/mol. The molecule has 1 saturated heterocycles. The second kappa shape index (κ2) is 10.2. The van der Waals surface area contributed by atoms with Crippen molar-refractivity contribution in [3.05, 3.63) is 74.7 Å². The number of hydrogen-bond donors (Lipinski definition) is 2. The number of anilines is 2. The van der Waals surface area contributed by atoms with E-state index < -0.39 is 11.8 Å². The molecule has 0 radical (unpaired) electrons. The van der Waals surface area contributed by atoms with Gasteiger partial charge in [0.15, 0.2) is 0 Å². The zero-order chi connectivity index (χ0) is 28.4. The quantitative estimate of drug-likeness (QED) is 0.397. The molecule has 6 unspecified atom stereocenters. The van der Waals surface area contributed by atoms with Gasteiger partial charge in [0.1, 0.15) is 6.54 Å². The molecule has 2 aliphatic carbocycles. The molecule has 1 aromatic heterocycles. The fourth-order valence-electron chi connectivity index (χ4n) is 7.95. The monoisotopic (exact) mass is 588 g/mol. The van der Waals surface area contributed by atoms with Gasteiger partial charge in [-0.15, -0.1) is 11.8 Å². The Morgan fingerprint density at radius 2 is 1.66 bits per heavy atom. The molecule has 7 atom stereocenters. The molecule has 0 spiro atoms. The highest BCUT2D eigenvalue weighted by Gasteiger charge is 2.69. The molecule has 2 aliphatic heterocycles. The number of aromatic amines is 1. The van der Waals surface area contributed by atoms with Gasteiger partial charge in [-0.1, -0.05) is 41.7 Å². The van der Waals surface area contributed by atoms with E-state index >= 15 is 0 Å². The van der Waals surface area contributed by atoms with E-state index in [2.05, 4.69) is 53.3 Å². The molecule has 2 aromatic carbocycles. The van der Waals surface area contributed by atoms with Crippen LogP contribution >= 0.6 is 23.1 Å². The molecule has 3 amide bonds. The number of amides is 3. The zero-order valence-corrected chi connectivity index (χ0v) is 24.5. The summed E-state index contributed by atoms with van der Waals surface area (Å²) in [6, 6.07) is 17.7. The first kappa shape index (κ1) is 26.5. The summed E-state index contributed by atoms with van der Waals surface area (Å²) in [6.45, 7) is 5.87. The molecule has 2 N–H and O–H groups in total. The van der Waals surface area contributed by atoms with Crippen LogP contribution in [0.4, 0.5) is 11.4 Å². The highest BCUT2D eigenvalue weighted by molar-refractivity contribution is 8.00. The van der Waals surface area contributed by atoms with Gasteiger partial charge < -0.3 is 15.2 Å². The maximum absolute atomic E-state index is 13.8. The highest BCUT2D eigenvalue weighted by Crippen LogP contribution is 2.68. The van der Waals surface area contributed by atoms with Crippen molar-refractivity contribution in [3.63, 3.8) is 0 Å². The predicted octanol–water partition coefficient (Wildman–Crippen LogP) is 4.39. The summed E-state index contributed by atoms with van der Waals surface area (Å²) in [4.78, 5) is 60.3. The summed E-state index contributed by atoms with van der Waals surface area (Å²) < 4.78 is 0. The van der Waals surface area contributed by atoms with Gasteiger partial charge in [0.05, 0.1) is 16.9 Å². The number of hydrogen-bond acceptors (Lipinski definition) is 7. The van der Waals surface area contributed by atoms with Crippen LogP contribution in [0.3, 0.4) is 0 Å². The van der Waals surface area contributed by atoms with Crippen LogP contribution in [0.2, 0.25) is 0 Å². The molecule has 10 heteroatoms. The first-order valence-corrected chi connectivity index (χ1v) is 16.0. The van der Waals surface area contributed by atoms with E-state index in [1.807, 2.05) is 18.2 Å². The minimum absolute atomic E-state index is 0.0137. The number of thioether (sulfide) groups is 1. The number of benzene rings is 2. The average Bonchev–Trinajstić information content (AvgIpc) is 3.71. The van der Waals surface area contributed by atoms with Crippen molar-refractivity contribution >= 4 is 52.2 Å². The molecule has 7 rings (SSSR count). The van der Waals surface area contributed by atoms with Crippen LogP contribution in [0.25, 0.3) is 0 Å². The fourth-order valence-corrected chi connectivity index (χ4v) is 10.8. The van der Waals surface area contributed by atoms with Crippen molar-refractivity contribution in [1.29, 1.82) is 0 Å². The number of aromatic nitrogens is 1. The topological polar surface area (TPSA) is 103 Å². The first-order chi connectivity index (χ1) is 19.9. The molecule has 3 heterocycles. The number of H-pyrrole nitrogens is 1. The minimum atomic E-state index is -0.409. The standard InChI is InChI=1S/C31H32N4O4S2/c1-3-34(4-2)18-12-10-16(11-13-18)22-23-19-14-20(26(23)40-28-27(22)41-31(39)33-28)25-24(19)29(37)35(30(25)38)15-21(36)32-17-8-6-5-7-9-17/h5-13,19-20,22-26H,3-4,14-15H2,1-2H3,(H,32,36)(H,33,39)/t19?,20?,22-,23?,24?,25?,26?/m1/s1. The van der Waals surface area contributed by atoms with Gasteiger partial charge in [-0.3, -0.25) is 24.1 Å². The molecule has 2 bridgehead atoms. The molecule has 8 nitrogen and oxygen atoms in total. The molecule has 4 aliphatic rings. The number of carbonyl (C=O) groups is 3. The van der Waals surface area contributed by atoms with E-state index in [1.165, 1.54) is 16.2 Å². The fraction of sp³-hybridized carbons (Fsp3) is 0.419. The summed E-state index contributed by atoms with van der Waals surface area (Å²) in [5, 5.41) is 3.83. The smallest absolute Gasteiger partial charge is 0.305 e. The van der Waals surface area contributed by atoms with Gasteiger partial charge in [-0.2, -0.15) is 0 Å². The molecule has 3 aromatic rings. The first-order valence-electron chi connectivity index (χ1n) is 14.3. The Kier molecular flexibility index (Phi) is 6.58. The maximum Gasteiger partial charge on any atom is 0.305 e. The van der Waals surface area contributed by atoms with E-state index in [1.54, 1.807) is 23.9 Å².